The molecule has 2 aromatic heterocycles. The number of fused-ring (bicyclic) bond motifs is 1. The van der Waals surface area contributed by atoms with Crippen molar-refractivity contribution in [2.75, 3.05) is 11.4 Å². The Morgan fingerprint density at radius 1 is 1.06 bits per heavy atom. The Balaban J connectivity index is 1.37. The second-order valence-electron chi connectivity index (χ2n) is 9.15. The number of benzene rings is 1. The van der Waals surface area contributed by atoms with Crippen molar-refractivity contribution < 1.29 is 23.5 Å². The summed E-state index contributed by atoms with van der Waals surface area (Å²) >= 11 is 0. The van der Waals surface area contributed by atoms with E-state index >= 15 is 0 Å². The summed E-state index contributed by atoms with van der Waals surface area (Å²) in [5.74, 6) is -2.27. The summed E-state index contributed by atoms with van der Waals surface area (Å²) in [5, 5.41) is 16.5. The number of nitrogens with zero attached hydrogens (tertiary/aromatic N) is 3. The van der Waals surface area contributed by atoms with Crippen LogP contribution in [0.2, 0.25) is 0 Å². The molecule has 1 amide bonds. The number of carbonyl (C=O) groups is 2. The summed E-state index contributed by atoms with van der Waals surface area (Å²) in [7, 11) is 0. The minimum absolute atomic E-state index is 0.0693. The van der Waals surface area contributed by atoms with Gasteiger partial charge in [0.2, 0.25) is 0 Å². The fourth-order valence-corrected chi connectivity index (χ4v) is 5.24. The number of carbonyl (C=O) groups excluding carboxylic acids is 1. The van der Waals surface area contributed by atoms with Gasteiger partial charge in [0.05, 0.1) is 29.2 Å². The number of carboxylic acid groups (broad SMARTS) is 1. The van der Waals surface area contributed by atoms with E-state index in [1.807, 2.05) is 17.0 Å². The van der Waals surface area contributed by atoms with Crippen LogP contribution in [0.3, 0.4) is 0 Å². The average molecular weight is 469 g/mol. The molecular weight excluding hydrogens is 442 g/mol. The van der Waals surface area contributed by atoms with E-state index in [0.717, 1.165) is 24.2 Å². The zero-order chi connectivity index (χ0) is 23.8. The van der Waals surface area contributed by atoms with Gasteiger partial charge in [0, 0.05) is 30.0 Å². The van der Waals surface area contributed by atoms with Crippen LogP contribution in [0, 0.1) is 17.6 Å². The first-order valence-corrected chi connectivity index (χ1v) is 11.6. The topological polar surface area (TPSA) is 86.9 Å². The van der Waals surface area contributed by atoms with Gasteiger partial charge in [-0.25, -0.2) is 13.3 Å². The molecule has 3 heterocycles. The van der Waals surface area contributed by atoms with Crippen LogP contribution >= 0.6 is 0 Å². The van der Waals surface area contributed by atoms with Crippen molar-refractivity contribution in [3.63, 3.8) is 0 Å². The fraction of sp³-hybridized carbons (Fsp3) is 0.400. The Bertz CT molecular complexity index is 1240. The maximum absolute atomic E-state index is 14.5. The van der Waals surface area contributed by atoms with Crippen LogP contribution in [0.5, 0.6) is 0 Å². The number of hydrogen-bond donors (Lipinski definition) is 2. The molecule has 9 heteroatoms. The Morgan fingerprint density at radius 2 is 1.85 bits per heavy atom. The molecular formula is C25H26F2N4O3. The number of anilines is 1. The Labute approximate surface area is 195 Å². The van der Waals surface area contributed by atoms with Crippen LogP contribution in [0.4, 0.5) is 14.5 Å². The second-order valence-corrected chi connectivity index (χ2v) is 9.15. The normalized spacial score (nSPS) is 22.8. The molecule has 0 bridgehead atoms. The fourth-order valence-electron chi connectivity index (χ4n) is 5.24. The van der Waals surface area contributed by atoms with Gasteiger partial charge in [0.15, 0.2) is 0 Å². The van der Waals surface area contributed by atoms with E-state index in [1.165, 1.54) is 12.3 Å². The van der Waals surface area contributed by atoms with E-state index in [4.69, 9.17) is 5.11 Å². The third kappa shape index (κ3) is 4.22. The molecule has 2 fully saturated rings. The molecule has 2 aliphatic rings. The smallest absolute Gasteiger partial charge is 0.306 e. The molecule has 5 rings (SSSR count). The number of nitrogens with one attached hydrogen (secondary N) is 1. The quantitative estimate of drug-likeness (QED) is 0.582. The standard InChI is InChI=1S/C25H26F2N4O3/c26-16-5-8-21(27)19(12-16)22-2-1-10-30(22)18-9-11-31-23(13-18)20(14-28-31)24(32)29-17-6-3-15(4-7-17)25(33)34/h5,8-9,11-15,17,22H,1-4,6-7,10H2,(H,29,32)(H,33,34)/t15-,17-,22-/m1/s1. The third-order valence-electron chi connectivity index (χ3n) is 7.06. The van der Waals surface area contributed by atoms with Gasteiger partial charge in [-0.05, 0) is 68.9 Å². The highest BCUT2D eigenvalue weighted by Crippen LogP contribution is 2.38. The lowest BCUT2D eigenvalue weighted by Gasteiger charge is -2.28. The number of amides is 1. The molecule has 0 spiro atoms. The van der Waals surface area contributed by atoms with Crippen molar-refractivity contribution >= 4 is 23.1 Å². The Hall–Kier alpha value is -3.49. The van der Waals surface area contributed by atoms with Gasteiger partial charge < -0.3 is 15.3 Å². The predicted molar refractivity (Wildman–Crippen MR) is 122 cm³/mol. The molecule has 1 aromatic carbocycles. The molecule has 1 atom stereocenters. The van der Waals surface area contributed by atoms with Crippen LogP contribution in [0.25, 0.3) is 5.52 Å². The van der Waals surface area contributed by atoms with Gasteiger partial charge in [0.1, 0.15) is 11.6 Å². The Kier molecular flexibility index (Phi) is 5.93. The zero-order valence-electron chi connectivity index (χ0n) is 18.6. The highest BCUT2D eigenvalue weighted by Gasteiger charge is 2.30. The van der Waals surface area contributed by atoms with Crippen molar-refractivity contribution in [2.24, 2.45) is 5.92 Å². The summed E-state index contributed by atoms with van der Waals surface area (Å²) in [6.45, 7) is 0.694. The van der Waals surface area contributed by atoms with E-state index < -0.39 is 17.6 Å². The molecule has 178 valence electrons. The molecule has 7 nitrogen and oxygen atoms in total. The first kappa shape index (κ1) is 22.3. The van der Waals surface area contributed by atoms with Gasteiger partial charge in [0.25, 0.3) is 5.91 Å². The van der Waals surface area contributed by atoms with E-state index in [9.17, 15) is 18.4 Å². The van der Waals surface area contributed by atoms with Crippen molar-refractivity contribution in [2.45, 2.75) is 50.6 Å². The molecule has 0 unspecified atom stereocenters. The molecule has 1 saturated carbocycles. The van der Waals surface area contributed by atoms with E-state index in [1.54, 1.807) is 10.7 Å². The number of pyridine rings is 1. The highest BCUT2D eigenvalue weighted by molar-refractivity contribution is 6.01. The molecule has 1 aliphatic heterocycles. The molecule has 34 heavy (non-hydrogen) atoms. The van der Waals surface area contributed by atoms with Crippen molar-refractivity contribution in [1.29, 1.82) is 0 Å². The number of aromatic nitrogens is 2. The van der Waals surface area contributed by atoms with Gasteiger partial charge in [-0.2, -0.15) is 5.10 Å². The number of carboxylic acids is 1. The molecule has 2 N–H and O–H groups in total. The van der Waals surface area contributed by atoms with Gasteiger partial charge in [-0.1, -0.05) is 0 Å². The summed E-state index contributed by atoms with van der Waals surface area (Å²) in [6.07, 6.45) is 7.18. The largest absolute Gasteiger partial charge is 0.481 e. The van der Waals surface area contributed by atoms with Crippen LogP contribution in [-0.2, 0) is 4.79 Å². The summed E-state index contributed by atoms with van der Waals surface area (Å²) in [6, 6.07) is 6.91. The molecule has 1 saturated heterocycles. The maximum Gasteiger partial charge on any atom is 0.306 e. The number of hydrogen-bond acceptors (Lipinski definition) is 4. The van der Waals surface area contributed by atoms with E-state index in [0.29, 0.717) is 55.3 Å². The van der Waals surface area contributed by atoms with Crippen molar-refractivity contribution in [1.82, 2.24) is 14.9 Å². The van der Waals surface area contributed by atoms with Crippen LogP contribution in [0.15, 0.2) is 42.7 Å². The van der Waals surface area contributed by atoms with Crippen molar-refractivity contribution in [3.8, 4) is 0 Å². The SMILES string of the molecule is O=C(N[C@H]1CC[C@H](C(=O)O)CC1)c1cnn2ccc(N3CCC[C@@H]3c3cc(F)ccc3F)cc12. The average Bonchev–Trinajstić information content (AvgIpc) is 3.48. The number of halogens is 2. The maximum atomic E-state index is 14.5. The van der Waals surface area contributed by atoms with E-state index in [2.05, 4.69) is 10.4 Å². The summed E-state index contributed by atoms with van der Waals surface area (Å²) in [5.41, 5.74) is 2.20. The third-order valence-corrected chi connectivity index (χ3v) is 7.06. The zero-order valence-corrected chi connectivity index (χ0v) is 18.6. The van der Waals surface area contributed by atoms with Gasteiger partial charge in [-0.15, -0.1) is 0 Å². The molecule has 1 aliphatic carbocycles. The summed E-state index contributed by atoms with van der Waals surface area (Å²) < 4.78 is 29.9. The lowest BCUT2D eigenvalue weighted by atomic mass is 9.86. The van der Waals surface area contributed by atoms with Gasteiger partial charge >= 0.3 is 5.97 Å². The molecule has 0 radical (unpaired) electrons. The van der Waals surface area contributed by atoms with Crippen LogP contribution in [-0.4, -0.2) is 39.2 Å². The monoisotopic (exact) mass is 468 g/mol. The second kappa shape index (κ2) is 9.04. The minimum Gasteiger partial charge on any atom is -0.481 e. The lowest BCUT2D eigenvalue weighted by Crippen LogP contribution is -2.38. The first-order chi connectivity index (χ1) is 16.4. The first-order valence-electron chi connectivity index (χ1n) is 11.6. The Morgan fingerprint density at radius 3 is 2.62 bits per heavy atom. The van der Waals surface area contributed by atoms with E-state index in [-0.39, 0.29) is 23.9 Å². The van der Waals surface area contributed by atoms with Crippen molar-refractivity contribution in [3.05, 3.63) is 65.5 Å². The van der Waals surface area contributed by atoms with Crippen LogP contribution < -0.4 is 10.2 Å². The summed E-state index contributed by atoms with van der Waals surface area (Å²) in [4.78, 5) is 26.2. The van der Waals surface area contributed by atoms with Gasteiger partial charge in [-0.3, -0.25) is 9.59 Å². The van der Waals surface area contributed by atoms with Crippen LogP contribution in [0.1, 0.15) is 60.5 Å². The lowest BCUT2D eigenvalue weighted by molar-refractivity contribution is -0.142. The molecule has 3 aromatic rings. The number of aliphatic carboxylic acids is 1. The number of rotatable bonds is 5. The highest BCUT2D eigenvalue weighted by atomic mass is 19.1. The predicted octanol–water partition coefficient (Wildman–Crippen LogP) is 4.33. The minimum atomic E-state index is -0.779.